The monoisotopic (exact) mass is 294 g/mol. The van der Waals surface area contributed by atoms with E-state index in [1.165, 1.54) is 11.8 Å². The van der Waals surface area contributed by atoms with Gasteiger partial charge in [0.15, 0.2) is 0 Å². The summed E-state index contributed by atoms with van der Waals surface area (Å²) in [6.07, 6.45) is 2.18. The van der Waals surface area contributed by atoms with Crippen molar-refractivity contribution in [2.24, 2.45) is 5.92 Å². The SMILES string of the molecule is CC(C)[C@](C)(C#N)NC(=O)CSc1nnnn1C1CC1. The lowest BCUT2D eigenvalue weighted by molar-refractivity contribution is -0.120. The molecule has 1 heterocycles. The van der Waals surface area contributed by atoms with Gasteiger partial charge in [-0.25, -0.2) is 4.68 Å². The quantitative estimate of drug-likeness (QED) is 0.791. The average molecular weight is 294 g/mol. The number of amides is 1. The largest absolute Gasteiger partial charge is 0.337 e. The Balaban J connectivity index is 1.89. The first-order chi connectivity index (χ1) is 9.46. The zero-order valence-corrected chi connectivity index (χ0v) is 12.6. The van der Waals surface area contributed by atoms with Gasteiger partial charge in [-0.05, 0) is 36.1 Å². The van der Waals surface area contributed by atoms with Crippen LogP contribution in [0.15, 0.2) is 5.16 Å². The molecule has 0 spiro atoms. The molecule has 1 aromatic heterocycles. The second-order valence-corrected chi connectivity index (χ2v) is 6.39. The fraction of sp³-hybridized carbons (Fsp3) is 0.750. The Morgan fingerprint density at radius 3 is 2.90 bits per heavy atom. The zero-order chi connectivity index (χ0) is 14.8. The Labute approximate surface area is 122 Å². The summed E-state index contributed by atoms with van der Waals surface area (Å²) >= 11 is 1.30. The summed E-state index contributed by atoms with van der Waals surface area (Å²) in [7, 11) is 0. The summed E-state index contributed by atoms with van der Waals surface area (Å²) in [5.74, 6) is 0.0632. The molecule has 1 amide bonds. The van der Waals surface area contributed by atoms with Gasteiger partial charge in [-0.3, -0.25) is 4.79 Å². The molecule has 1 aliphatic rings. The molecule has 20 heavy (non-hydrogen) atoms. The van der Waals surface area contributed by atoms with Crippen LogP contribution in [0.1, 0.15) is 39.7 Å². The summed E-state index contributed by atoms with van der Waals surface area (Å²) in [6.45, 7) is 5.54. The second-order valence-electron chi connectivity index (χ2n) is 5.44. The number of carbonyl (C=O) groups is 1. The first-order valence-electron chi connectivity index (χ1n) is 6.59. The third kappa shape index (κ3) is 3.28. The Kier molecular flexibility index (Phi) is 4.28. The van der Waals surface area contributed by atoms with Crippen molar-refractivity contribution in [3.63, 3.8) is 0 Å². The lowest BCUT2D eigenvalue weighted by atomic mass is 9.90. The maximum atomic E-state index is 12.0. The molecule has 2 rings (SSSR count). The Bertz CT molecular complexity index is 532. The number of carbonyl (C=O) groups excluding carboxylic acids is 1. The predicted octanol–water partition coefficient (Wildman–Crippen LogP) is 1.15. The molecule has 1 aromatic rings. The van der Waals surface area contributed by atoms with E-state index in [0.29, 0.717) is 11.2 Å². The van der Waals surface area contributed by atoms with Gasteiger partial charge in [-0.1, -0.05) is 25.6 Å². The van der Waals surface area contributed by atoms with Crippen molar-refractivity contribution in [2.45, 2.75) is 50.4 Å². The van der Waals surface area contributed by atoms with Crippen LogP contribution in [0, 0.1) is 17.2 Å². The van der Waals surface area contributed by atoms with E-state index in [1.807, 2.05) is 13.8 Å². The van der Waals surface area contributed by atoms with Gasteiger partial charge in [0.05, 0.1) is 17.9 Å². The van der Waals surface area contributed by atoms with Crippen LogP contribution in [0.2, 0.25) is 0 Å². The summed E-state index contributed by atoms with van der Waals surface area (Å²) in [4.78, 5) is 12.0. The Hall–Kier alpha value is -1.62. The van der Waals surface area contributed by atoms with Gasteiger partial charge in [-0.15, -0.1) is 5.10 Å². The van der Waals surface area contributed by atoms with Crippen LogP contribution in [-0.2, 0) is 4.79 Å². The van der Waals surface area contributed by atoms with Crippen molar-refractivity contribution < 1.29 is 4.79 Å². The second kappa shape index (κ2) is 5.79. The molecule has 0 aromatic carbocycles. The smallest absolute Gasteiger partial charge is 0.231 e. The number of hydrogen-bond donors (Lipinski definition) is 1. The number of hydrogen-bond acceptors (Lipinski definition) is 6. The van der Waals surface area contributed by atoms with Crippen LogP contribution in [0.3, 0.4) is 0 Å². The van der Waals surface area contributed by atoms with E-state index in [1.54, 1.807) is 11.6 Å². The van der Waals surface area contributed by atoms with E-state index in [9.17, 15) is 10.1 Å². The number of nitrogens with zero attached hydrogens (tertiary/aromatic N) is 5. The van der Waals surface area contributed by atoms with Crippen molar-refractivity contribution in [3.8, 4) is 6.07 Å². The van der Waals surface area contributed by atoms with Crippen molar-refractivity contribution in [1.29, 1.82) is 5.26 Å². The lowest BCUT2D eigenvalue weighted by Crippen LogP contribution is -2.49. The van der Waals surface area contributed by atoms with E-state index in [4.69, 9.17) is 0 Å². The molecule has 0 unspecified atom stereocenters. The molecule has 0 aliphatic heterocycles. The van der Waals surface area contributed by atoms with Gasteiger partial charge in [0.25, 0.3) is 0 Å². The average Bonchev–Trinajstić information content (AvgIpc) is 3.15. The molecule has 1 N–H and O–H groups in total. The number of aromatic nitrogens is 4. The molecule has 0 saturated heterocycles. The molecule has 108 valence electrons. The van der Waals surface area contributed by atoms with Gasteiger partial charge < -0.3 is 5.32 Å². The summed E-state index contributed by atoms with van der Waals surface area (Å²) in [6, 6.07) is 2.54. The Morgan fingerprint density at radius 1 is 1.65 bits per heavy atom. The number of thioether (sulfide) groups is 1. The molecule has 1 aliphatic carbocycles. The van der Waals surface area contributed by atoms with E-state index >= 15 is 0 Å². The van der Waals surface area contributed by atoms with Crippen LogP contribution >= 0.6 is 11.8 Å². The minimum Gasteiger partial charge on any atom is -0.337 e. The standard InChI is InChI=1S/C12H18N6OS/c1-8(2)12(3,7-13)14-10(19)6-20-11-15-16-17-18(11)9-4-5-9/h8-9H,4-6H2,1-3H3,(H,14,19)/t12-/m0/s1. The highest BCUT2D eigenvalue weighted by atomic mass is 32.2. The molecule has 7 nitrogen and oxygen atoms in total. The molecule has 1 fully saturated rings. The third-order valence-corrected chi connectivity index (χ3v) is 4.41. The van der Waals surface area contributed by atoms with Gasteiger partial charge in [0.2, 0.25) is 11.1 Å². The summed E-state index contributed by atoms with van der Waals surface area (Å²) in [5, 5.41) is 24.1. The maximum Gasteiger partial charge on any atom is 0.231 e. The van der Waals surface area contributed by atoms with E-state index in [0.717, 1.165) is 12.8 Å². The van der Waals surface area contributed by atoms with Gasteiger partial charge in [-0.2, -0.15) is 5.26 Å². The number of nitrogens with one attached hydrogen (secondary N) is 1. The Morgan fingerprint density at radius 2 is 2.35 bits per heavy atom. The minimum atomic E-state index is -0.847. The van der Waals surface area contributed by atoms with E-state index < -0.39 is 5.54 Å². The molecule has 0 radical (unpaired) electrons. The topological polar surface area (TPSA) is 96.5 Å². The third-order valence-electron chi connectivity index (χ3n) is 3.47. The molecule has 8 heteroatoms. The molecular formula is C12H18N6OS. The van der Waals surface area contributed by atoms with Crippen molar-refractivity contribution in [3.05, 3.63) is 0 Å². The lowest BCUT2D eigenvalue weighted by Gasteiger charge is -2.27. The maximum absolute atomic E-state index is 12.0. The van der Waals surface area contributed by atoms with E-state index in [2.05, 4.69) is 26.9 Å². The fourth-order valence-corrected chi connectivity index (χ4v) is 2.33. The zero-order valence-electron chi connectivity index (χ0n) is 11.8. The van der Waals surface area contributed by atoms with Crippen LogP contribution in [0.4, 0.5) is 0 Å². The molecule has 1 saturated carbocycles. The molecule has 0 bridgehead atoms. The fourth-order valence-electron chi connectivity index (χ4n) is 1.59. The molecular weight excluding hydrogens is 276 g/mol. The minimum absolute atomic E-state index is 0.0400. The highest BCUT2D eigenvalue weighted by Crippen LogP contribution is 2.36. The summed E-state index contributed by atoms with van der Waals surface area (Å²) < 4.78 is 1.77. The molecule has 1 atom stereocenters. The van der Waals surface area contributed by atoms with Crippen molar-refractivity contribution in [2.75, 3.05) is 5.75 Å². The predicted molar refractivity (Wildman–Crippen MR) is 73.8 cm³/mol. The number of tetrazole rings is 1. The normalized spacial score (nSPS) is 17.6. The van der Waals surface area contributed by atoms with Crippen LogP contribution in [-0.4, -0.2) is 37.4 Å². The van der Waals surface area contributed by atoms with Crippen molar-refractivity contribution >= 4 is 17.7 Å². The van der Waals surface area contributed by atoms with Crippen LogP contribution in [0.5, 0.6) is 0 Å². The first-order valence-corrected chi connectivity index (χ1v) is 7.57. The van der Waals surface area contributed by atoms with Crippen LogP contribution < -0.4 is 5.32 Å². The van der Waals surface area contributed by atoms with Gasteiger partial charge in [0.1, 0.15) is 5.54 Å². The van der Waals surface area contributed by atoms with Gasteiger partial charge in [0, 0.05) is 0 Å². The van der Waals surface area contributed by atoms with Crippen LogP contribution in [0.25, 0.3) is 0 Å². The van der Waals surface area contributed by atoms with E-state index in [-0.39, 0.29) is 17.6 Å². The number of rotatable bonds is 6. The van der Waals surface area contributed by atoms with Crippen molar-refractivity contribution in [1.82, 2.24) is 25.5 Å². The van der Waals surface area contributed by atoms with Gasteiger partial charge >= 0.3 is 0 Å². The number of nitriles is 1. The highest BCUT2D eigenvalue weighted by Gasteiger charge is 2.31. The summed E-state index contributed by atoms with van der Waals surface area (Å²) in [5.41, 5.74) is -0.847. The highest BCUT2D eigenvalue weighted by molar-refractivity contribution is 7.99. The first kappa shape index (κ1) is 14.8.